The van der Waals surface area contributed by atoms with E-state index in [1.165, 1.54) is 0 Å². The Morgan fingerprint density at radius 3 is 1.30 bits per heavy atom. The van der Waals surface area contributed by atoms with Crippen LogP contribution in [0.5, 0.6) is 34.5 Å². The van der Waals surface area contributed by atoms with Crippen molar-refractivity contribution in [2.75, 3.05) is 0 Å². The van der Waals surface area contributed by atoms with Gasteiger partial charge in [0, 0.05) is 0 Å². The van der Waals surface area contributed by atoms with E-state index in [-0.39, 0.29) is 5.46 Å². The molecule has 5 N–H and O–H groups in total. The molecule has 69 heavy (non-hydrogen) atoms. The van der Waals surface area contributed by atoms with Gasteiger partial charge in [-0.05, 0) is 162 Å². The molecule has 0 heterocycles. The quantitative estimate of drug-likeness (QED) is 0.0378. The van der Waals surface area contributed by atoms with Crippen LogP contribution in [0.4, 0.5) is 0 Å². The average Bonchev–Trinajstić information content (AvgIpc) is 3.38. The Kier molecular flexibility index (Phi) is 18.6. The third-order valence-electron chi connectivity index (χ3n) is 11.8. The van der Waals surface area contributed by atoms with Crippen molar-refractivity contribution < 1.29 is 48.9 Å². The summed E-state index contributed by atoms with van der Waals surface area (Å²) in [5.41, 5.74) is 2.41. The summed E-state index contributed by atoms with van der Waals surface area (Å²) in [6, 6.07) is 40.2. The van der Waals surface area contributed by atoms with Crippen LogP contribution in [0.3, 0.4) is 0 Å². The van der Waals surface area contributed by atoms with Crippen LogP contribution in [-0.2, 0) is 29.1 Å². The molecule has 0 amide bonds. The molecule has 6 rings (SSSR count). The van der Waals surface area contributed by atoms with Crippen LogP contribution in [0.2, 0.25) is 0 Å². The van der Waals surface area contributed by atoms with E-state index in [4.69, 9.17) is 23.5 Å². The Bertz CT molecular complexity index is 2760. The monoisotopic (exact) mass is 925 g/mol. The molecule has 0 aliphatic heterocycles. The Balaban J connectivity index is 1.40. The minimum atomic E-state index is -1.61. The predicted octanol–water partition coefficient (Wildman–Crippen LogP) is 7.25. The summed E-state index contributed by atoms with van der Waals surface area (Å²) in [7, 11) is -1.61. The molecule has 0 spiro atoms. The normalized spacial score (nSPS) is 12.1. The predicted molar refractivity (Wildman–Crippen MR) is 265 cm³/mol. The number of nitriles is 3. The summed E-state index contributed by atoms with van der Waals surface area (Å²) in [4.78, 5) is 0. The summed E-state index contributed by atoms with van der Waals surface area (Å²) in [6.45, 7) is 2.19. The van der Waals surface area contributed by atoms with Crippen molar-refractivity contribution in [3.05, 3.63) is 161 Å². The van der Waals surface area contributed by atoms with Gasteiger partial charge >= 0.3 is 20.9 Å². The molecule has 0 aliphatic carbocycles. The Labute approximate surface area is 404 Å². The smallest absolute Gasteiger partial charge is 0.457 e. The summed E-state index contributed by atoms with van der Waals surface area (Å²) in [5.74, 6) is 2.62. The molecule has 0 bridgehead atoms. The van der Waals surface area contributed by atoms with Crippen molar-refractivity contribution >= 4 is 37.3 Å². The highest BCUT2D eigenvalue weighted by molar-refractivity contribution is 6.74. The molecule has 16 heteroatoms. The van der Waals surface area contributed by atoms with Crippen LogP contribution in [0.25, 0.3) is 0 Å². The summed E-state index contributed by atoms with van der Waals surface area (Å²) in [6.07, 6.45) is 3.50. The van der Waals surface area contributed by atoms with Gasteiger partial charge in [0.1, 0.15) is 34.5 Å². The number of hydrogen-bond donors (Lipinski definition) is 5. The first kappa shape index (κ1) is 51.5. The standard InChI is InChI=1S/C53H54B3N3O10/c1-4-6-8-52(54(63)49-24-21-46(28-40(49)34-60)65-43-15-9-37(31-57)10-16-43)68-55(50-25-22-47(29-41(50)35-61)66-44-17-11-38(32-58)12-18-44)53(3,27-7-5-2)69-56(64)51-26-23-48(30-42(51)36-62)67-45-19-13-39(33-59)14-20-45/h9-26,28-30,52,60-64H,4-8,27,34-36H2,1-3H3. The maximum absolute atomic E-state index is 12.4. The zero-order valence-electron chi connectivity index (χ0n) is 38.9. The second-order valence-electron chi connectivity index (χ2n) is 16.8. The molecular formula is C53H54B3N3O10. The second kappa shape index (κ2) is 24.9. The van der Waals surface area contributed by atoms with Crippen LogP contribution in [0, 0.1) is 34.0 Å². The molecule has 0 radical (unpaired) electrons. The molecule has 13 nitrogen and oxygen atoms in total. The van der Waals surface area contributed by atoms with E-state index in [1.807, 2.05) is 20.8 Å². The number of hydrogen-bond acceptors (Lipinski definition) is 13. The van der Waals surface area contributed by atoms with Gasteiger partial charge in [-0.3, -0.25) is 0 Å². The Hall–Kier alpha value is -6.90. The molecule has 0 saturated heterocycles. The lowest BCUT2D eigenvalue weighted by Gasteiger charge is -2.40. The fourth-order valence-electron chi connectivity index (χ4n) is 8.06. The van der Waals surface area contributed by atoms with E-state index < -0.39 is 52.3 Å². The van der Waals surface area contributed by atoms with Crippen LogP contribution in [0.1, 0.15) is 92.7 Å². The highest BCUT2D eigenvalue weighted by Gasteiger charge is 2.48. The van der Waals surface area contributed by atoms with Gasteiger partial charge in [-0.2, -0.15) is 15.8 Å². The minimum Gasteiger partial charge on any atom is -0.457 e. The third kappa shape index (κ3) is 13.4. The van der Waals surface area contributed by atoms with Crippen LogP contribution < -0.4 is 30.6 Å². The molecule has 2 atom stereocenters. The zero-order chi connectivity index (χ0) is 49.3. The number of benzene rings is 6. The average molecular weight is 925 g/mol. The molecule has 0 aromatic heterocycles. The van der Waals surface area contributed by atoms with Gasteiger partial charge in [0.15, 0.2) is 0 Å². The van der Waals surface area contributed by atoms with Crippen molar-refractivity contribution in [2.24, 2.45) is 0 Å². The minimum absolute atomic E-state index is 0.276. The number of aliphatic hydroxyl groups excluding tert-OH is 3. The number of nitrogens with zero attached hydrogens (tertiary/aromatic N) is 3. The molecule has 350 valence electrons. The molecule has 6 aromatic rings. The Morgan fingerprint density at radius 1 is 0.522 bits per heavy atom. The van der Waals surface area contributed by atoms with Gasteiger partial charge in [-0.15, -0.1) is 0 Å². The number of rotatable bonds is 24. The lowest BCUT2D eigenvalue weighted by Crippen LogP contribution is -2.62. The van der Waals surface area contributed by atoms with Crippen LogP contribution in [-0.4, -0.2) is 57.8 Å². The summed E-state index contributed by atoms with van der Waals surface area (Å²) in [5, 5.41) is 84.6. The fraction of sp³-hybridized carbons (Fsp3) is 0.264. The summed E-state index contributed by atoms with van der Waals surface area (Å²) >= 11 is 0. The van der Waals surface area contributed by atoms with Crippen molar-refractivity contribution in [3.63, 3.8) is 0 Å². The number of ether oxygens (including phenoxy) is 3. The third-order valence-corrected chi connectivity index (χ3v) is 11.8. The molecule has 0 saturated carbocycles. The summed E-state index contributed by atoms with van der Waals surface area (Å²) < 4.78 is 32.2. The highest BCUT2D eigenvalue weighted by Crippen LogP contribution is 2.31. The fourth-order valence-corrected chi connectivity index (χ4v) is 8.06. The highest BCUT2D eigenvalue weighted by atomic mass is 16.6. The maximum atomic E-state index is 12.4. The van der Waals surface area contributed by atoms with Crippen LogP contribution >= 0.6 is 0 Å². The van der Waals surface area contributed by atoms with Crippen molar-refractivity contribution in [2.45, 2.75) is 90.6 Å². The lowest BCUT2D eigenvalue weighted by atomic mass is 9.44. The first-order chi connectivity index (χ1) is 33.5. The van der Waals surface area contributed by atoms with E-state index in [0.717, 1.165) is 12.8 Å². The van der Waals surface area contributed by atoms with Gasteiger partial charge < -0.3 is 48.9 Å². The van der Waals surface area contributed by atoms with Gasteiger partial charge in [0.05, 0.1) is 66.2 Å². The van der Waals surface area contributed by atoms with Gasteiger partial charge in [-0.1, -0.05) is 57.7 Å². The molecule has 0 aliphatic rings. The molecule has 2 unspecified atom stereocenters. The van der Waals surface area contributed by atoms with Crippen molar-refractivity contribution in [1.82, 2.24) is 0 Å². The van der Waals surface area contributed by atoms with Crippen molar-refractivity contribution in [3.8, 4) is 52.7 Å². The van der Waals surface area contributed by atoms with Gasteiger partial charge in [0.25, 0.3) is 0 Å². The molecule has 6 aromatic carbocycles. The first-order valence-corrected chi connectivity index (χ1v) is 22.9. The largest absolute Gasteiger partial charge is 0.491 e. The SMILES string of the molecule is CCCCC(OB(c1ccc(Oc2ccc(C#N)cc2)cc1CO)C(C)(CCCC)OB(O)c1ccc(Oc2ccc(C#N)cc2)cc1CO)B(O)c1ccc(Oc2ccc(C#N)cc2)cc1CO. The number of aliphatic hydroxyl groups is 3. The molecular weight excluding hydrogens is 871 g/mol. The van der Waals surface area contributed by atoms with Crippen molar-refractivity contribution in [1.29, 1.82) is 15.8 Å². The van der Waals surface area contributed by atoms with E-state index in [2.05, 4.69) is 18.2 Å². The first-order valence-electron chi connectivity index (χ1n) is 22.9. The second-order valence-corrected chi connectivity index (χ2v) is 16.8. The van der Waals surface area contributed by atoms with Gasteiger partial charge in [-0.25, -0.2) is 0 Å². The Morgan fingerprint density at radius 2 is 0.899 bits per heavy atom. The molecule has 0 fully saturated rings. The topological polar surface area (TPSA) is 219 Å². The zero-order valence-corrected chi connectivity index (χ0v) is 38.9. The number of unbranched alkanes of at least 4 members (excludes halogenated alkanes) is 2. The van der Waals surface area contributed by atoms with E-state index >= 15 is 0 Å². The maximum Gasteiger partial charge on any atom is 0.491 e. The van der Waals surface area contributed by atoms with E-state index in [0.29, 0.717) is 104 Å². The van der Waals surface area contributed by atoms with Crippen LogP contribution in [0.15, 0.2) is 127 Å². The lowest BCUT2D eigenvalue weighted by molar-refractivity contribution is 0.100. The van der Waals surface area contributed by atoms with Gasteiger partial charge in [0.2, 0.25) is 0 Å². The van der Waals surface area contributed by atoms with E-state index in [1.54, 1.807) is 127 Å². The van der Waals surface area contributed by atoms with E-state index in [9.17, 15) is 41.2 Å².